The average Bonchev–Trinajstić information content (AvgIpc) is 2.99. The van der Waals surface area contributed by atoms with Crippen molar-refractivity contribution in [1.82, 2.24) is 25.1 Å². The van der Waals surface area contributed by atoms with E-state index in [4.69, 9.17) is 5.11 Å². The number of hydrogen-bond donors (Lipinski definition) is 1. The molecule has 0 saturated carbocycles. The van der Waals surface area contributed by atoms with Gasteiger partial charge in [0, 0.05) is 12.6 Å². The number of amides is 1. The van der Waals surface area contributed by atoms with Crippen molar-refractivity contribution in [2.75, 3.05) is 7.05 Å². The van der Waals surface area contributed by atoms with E-state index in [2.05, 4.69) is 15.5 Å². The van der Waals surface area contributed by atoms with Crippen molar-refractivity contribution in [3.63, 3.8) is 0 Å². The Morgan fingerprint density at radius 1 is 1.40 bits per heavy atom. The summed E-state index contributed by atoms with van der Waals surface area (Å²) in [4.78, 5) is 24.3. The molecule has 0 fully saturated rings. The third-order valence-electron chi connectivity index (χ3n) is 2.97. The quantitative estimate of drug-likeness (QED) is 0.855. The van der Waals surface area contributed by atoms with E-state index >= 15 is 0 Å². The number of carboxylic acid groups (broad SMARTS) is 1. The predicted octanol–water partition coefficient (Wildman–Crippen LogP) is 0.207. The normalized spacial score (nSPS) is 11.9. The number of nitrogens with zero attached hydrogens (tertiary/aromatic N) is 5. The van der Waals surface area contributed by atoms with Gasteiger partial charge in [0.05, 0.1) is 5.69 Å². The van der Waals surface area contributed by atoms with Crippen molar-refractivity contribution in [1.29, 1.82) is 0 Å². The molecule has 20 heavy (non-hydrogen) atoms. The van der Waals surface area contributed by atoms with Crippen LogP contribution in [0.1, 0.15) is 17.3 Å². The number of aromatic nitrogens is 4. The Labute approximate surface area is 114 Å². The second-order valence-electron chi connectivity index (χ2n) is 4.23. The molecule has 1 unspecified atom stereocenters. The van der Waals surface area contributed by atoms with E-state index in [0.717, 1.165) is 0 Å². The maximum Gasteiger partial charge on any atom is 0.326 e. The molecule has 1 heterocycles. The van der Waals surface area contributed by atoms with Gasteiger partial charge >= 0.3 is 5.97 Å². The molecule has 8 nitrogen and oxygen atoms in total. The fourth-order valence-electron chi connectivity index (χ4n) is 1.61. The SMILES string of the molecule is CC(C(=O)O)N(C)C(=O)c1cccc(-n2cnnn2)c1. The summed E-state index contributed by atoms with van der Waals surface area (Å²) in [6.45, 7) is 1.45. The molecule has 0 aliphatic rings. The minimum absolute atomic E-state index is 0.369. The van der Waals surface area contributed by atoms with E-state index < -0.39 is 12.0 Å². The molecule has 2 aromatic rings. The van der Waals surface area contributed by atoms with Crippen molar-refractivity contribution >= 4 is 11.9 Å². The summed E-state index contributed by atoms with van der Waals surface area (Å²) < 4.78 is 1.41. The average molecular weight is 275 g/mol. The molecule has 2 rings (SSSR count). The van der Waals surface area contributed by atoms with Crippen LogP contribution in [0.3, 0.4) is 0 Å². The zero-order chi connectivity index (χ0) is 14.7. The molecule has 0 bridgehead atoms. The molecule has 8 heteroatoms. The third kappa shape index (κ3) is 2.63. The van der Waals surface area contributed by atoms with Crippen LogP contribution in [0.15, 0.2) is 30.6 Å². The van der Waals surface area contributed by atoms with Crippen molar-refractivity contribution in [3.8, 4) is 5.69 Å². The minimum atomic E-state index is -1.06. The maximum absolute atomic E-state index is 12.2. The molecule has 1 N–H and O–H groups in total. The standard InChI is InChI=1S/C12H13N5O3/c1-8(12(19)20)16(2)11(18)9-4-3-5-10(6-9)17-7-13-14-15-17/h3-8H,1-2H3,(H,19,20). The Balaban J connectivity index is 2.27. The number of tetrazole rings is 1. The van der Waals surface area contributed by atoms with Gasteiger partial charge in [-0.2, -0.15) is 0 Å². The molecule has 1 aromatic carbocycles. The Kier molecular flexibility index (Phi) is 3.74. The summed E-state index contributed by atoms with van der Waals surface area (Å²) in [5, 5.41) is 19.7. The summed E-state index contributed by atoms with van der Waals surface area (Å²) in [5.74, 6) is -1.44. The zero-order valence-electron chi connectivity index (χ0n) is 11.0. The van der Waals surface area contributed by atoms with Crippen LogP contribution in [0.25, 0.3) is 5.69 Å². The first kappa shape index (κ1) is 13.7. The number of carbonyl (C=O) groups is 2. The van der Waals surface area contributed by atoms with Crippen LogP contribution in [0, 0.1) is 0 Å². The first-order valence-corrected chi connectivity index (χ1v) is 5.84. The lowest BCUT2D eigenvalue weighted by Gasteiger charge is -2.21. The number of likely N-dealkylation sites (N-methyl/N-ethyl adjacent to an activating group) is 1. The van der Waals surface area contributed by atoms with Crippen LogP contribution in [0.5, 0.6) is 0 Å². The largest absolute Gasteiger partial charge is 0.480 e. The molecule has 0 aliphatic carbocycles. The molecule has 0 saturated heterocycles. The highest BCUT2D eigenvalue weighted by Crippen LogP contribution is 2.12. The lowest BCUT2D eigenvalue weighted by molar-refractivity contribution is -0.141. The molecule has 0 aliphatic heterocycles. The van der Waals surface area contributed by atoms with Crippen molar-refractivity contribution in [2.45, 2.75) is 13.0 Å². The first-order chi connectivity index (χ1) is 9.50. The van der Waals surface area contributed by atoms with Crippen LogP contribution in [-0.2, 0) is 4.79 Å². The van der Waals surface area contributed by atoms with Gasteiger partial charge in [0.1, 0.15) is 12.4 Å². The van der Waals surface area contributed by atoms with Crippen LogP contribution in [0.4, 0.5) is 0 Å². The summed E-state index contributed by atoms with van der Waals surface area (Å²) in [7, 11) is 1.45. The summed E-state index contributed by atoms with van der Waals surface area (Å²) in [6, 6.07) is 5.74. The molecule has 1 aromatic heterocycles. The van der Waals surface area contributed by atoms with Crippen molar-refractivity contribution in [2.24, 2.45) is 0 Å². The highest BCUT2D eigenvalue weighted by molar-refractivity contribution is 5.96. The second-order valence-corrected chi connectivity index (χ2v) is 4.23. The topological polar surface area (TPSA) is 101 Å². The van der Waals surface area contributed by atoms with E-state index in [1.165, 1.54) is 29.9 Å². The summed E-state index contributed by atoms with van der Waals surface area (Å²) in [5.41, 5.74) is 0.992. The molecule has 0 spiro atoms. The Hall–Kier alpha value is -2.77. The number of carboxylic acids is 1. The lowest BCUT2D eigenvalue weighted by atomic mass is 10.1. The van der Waals surface area contributed by atoms with E-state index in [-0.39, 0.29) is 5.91 Å². The Bertz CT molecular complexity index is 626. The Morgan fingerprint density at radius 2 is 2.15 bits per heavy atom. The molecular formula is C12H13N5O3. The van der Waals surface area contributed by atoms with Crippen LogP contribution in [0.2, 0.25) is 0 Å². The fourth-order valence-corrected chi connectivity index (χ4v) is 1.61. The number of rotatable bonds is 4. The summed E-state index contributed by atoms with van der Waals surface area (Å²) >= 11 is 0. The molecule has 104 valence electrons. The summed E-state index contributed by atoms with van der Waals surface area (Å²) in [6.07, 6.45) is 1.41. The van der Waals surface area contributed by atoms with Crippen LogP contribution in [-0.4, -0.2) is 55.2 Å². The van der Waals surface area contributed by atoms with Crippen LogP contribution >= 0.6 is 0 Å². The maximum atomic E-state index is 12.2. The van der Waals surface area contributed by atoms with E-state index in [0.29, 0.717) is 11.3 Å². The molecule has 0 radical (unpaired) electrons. The second kappa shape index (κ2) is 5.47. The number of carbonyl (C=O) groups excluding carboxylic acids is 1. The van der Waals surface area contributed by atoms with Crippen molar-refractivity contribution < 1.29 is 14.7 Å². The minimum Gasteiger partial charge on any atom is -0.480 e. The van der Waals surface area contributed by atoms with Gasteiger partial charge in [0.2, 0.25) is 0 Å². The number of hydrogen-bond acceptors (Lipinski definition) is 5. The highest BCUT2D eigenvalue weighted by Gasteiger charge is 2.22. The van der Waals surface area contributed by atoms with Gasteiger partial charge in [-0.1, -0.05) is 6.07 Å². The number of benzene rings is 1. The van der Waals surface area contributed by atoms with Gasteiger partial charge in [-0.25, -0.2) is 9.48 Å². The first-order valence-electron chi connectivity index (χ1n) is 5.84. The molecule has 1 amide bonds. The smallest absolute Gasteiger partial charge is 0.326 e. The van der Waals surface area contributed by atoms with Gasteiger partial charge in [0.25, 0.3) is 5.91 Å². The van der Waals surface area contributed by atoms with Gasteiger partial charge in [-0.15, -0.1) is 5.10 Å². The molecular weight excluding hydrogens is 262 g/mol. The van der Waals surface area contributed by atoms with Gasteiger partial charge in [-0.05, 0) is 35.5 Å². The van der Waals surface area contributed by atoms with E-state index in [9.17, 15) is 9.59 Å². The van der Waals surface area contributed by atoms with Gasteiger partial charge in [-0.3, -0.25) is 4.79 Å². The monoisotopic (exact) mass is 275 g/mol. The third-order valence-corrected chi connectivity index (χ3v) is 2.97. The fraction of sp³-hybridized carbons (Fsp3) is 0.250. The van der Waals surface area contributed by atoms with Crippen molar-refractivity contribution in [3.05, 3.63) is 36.2 Å². The number of aliphatic carboxylic acids is 1. The highest BCUT2D eigenvalue weighted by atomic mass is 16.4. The van der Waals surface area contributed by atoms with Crippen LogP contribution < -0.4 is 0 Å². The Morgan fingerprint density at radius 3 is 2.75 bits per heavy atom. The zero-order valence-corrected chi connectivity index (χ0v) is 11.0. The molecule has 1 atom stereocenters. The van der Waals surface area contributed by atoms with Gasteiger partial charge < -0.3 is 10.0 Å². The van der Waals surface area contributed by atoms with E-state index in [1.807, 2.05) is 0 Å². The predicted molar refractivity (Wildman–Crippen MR) is 68.3 cm³/mol. The lowest BCUT2D eigenvalue weighted by Crippen LogP contribution is -2.40. The van der Waals surface area contributed by atoms with Gasteiger partial charge in [0.15, 0.2) is 0 Å². The van der Waals surface area contributed by atoms with E-state index in [1.54, 1.807) is 24.3 Å².